The first kappa shape index (κ1) is 21.4. The maximum atomic E-state index is 13.2. The number of hydrogen-bond acceptors (Lipinski definition) is 6. The van der Waals surface area contributed by atoms with E-state index in [0.717, 1.165) is 11.1 Å². The SMILES string of the molecule is CC1CN(C(=O)c2ccccc2)CCN1C(=O)C(=O)c1c[nH]c2c(-c3cncnc3)ccnc12. The van der Waals surface area contributed by atoms with Gasteiger partial charge in [0.15, 0.2) is 0 Å². The molecule has 1 fully saturated rings. The van der Waals surface area contributed by atoms with Crippen LogP contribution >= 0.6 is 0 Å². The predicted molar refractivity (Wildman–Crippen MR) is 125 cm³/mol. The Morgan fingerprint density at radius 3 is 2.53 bits per heavy atom. The molecule has 1 aliphatic heterocycles. The van der Waals surface area contributed by atoms with Gasteiger partial charge >= 0.3 is 0 Å². The first-order valence-electron chi connectivity index (χ1n) is 11.0. The smallest absolute Gasteiger partial charge is 0.295 e. The molecule has 9 nitrogen and oxygen atoms in total. The largest absolute Gasteiger partial charge is 0.359 e. The maximum absolute atomic E-state index is 13.2. The number of rotatable bonds is 4. The Bertz CT molecular complexity index is 1370. The maximum Gasteiger partial charge on any atom is 0.295 e. The van der Waals surface area contributed by atoms with Crippen molar-refractivity contribution in [1.82, 2.24) is 29.7 Å². The monoisotopic (exact) mass is 454 g/mol. The second kappa shape index (κ2) is 8.86. The third-order valence-electron chi connectivity index (χ3n) is 6.07. The summed E-state index contributed by atoms with van der Waals surface area (Å²) in [5, 5.41) is 0. The molecule has 5 rings (SSSR count). The van der Waals surface area contributed by atoms with Gasteiger partial charge in [0.2, 0.25) is 0 Å². The molecule has 0 bridgehead atoms. The fourth-order valence-corrected chi connectivity index (χ4v) is 4.33. The molecule has 170 valence electrons. The molecule has 1 atom stereocenters. The van der Waals surface area contributed by atoms with Gasteiger partial charge < -0.3 is 14.8 Å². The zero-order valence-electron chi connectivity index (χ0n) is 18.5. The van der Waals surface area contributed by atoms with Crippen LogP contribution < -0.4 is 0 Å². The van der Waals surface area contributed by atoms with Crippen LogP contribution in [0.5, 0.6) is 0 Å². The zero-order valence-corrected chi connectivity index (χ0v) is 18.5. The highest BCUT2D eigenvalue weighted by atomic mass is 16.2. The Kier molecular flexibility index (Phi) is 5.59. The molecule has 1 saturated heterocycles. The van der Waals surface area contributed by atoms with Crippen LogP contribution in [0.15, 0.2) is 67.5 Å². The highest BCUT2D eigenvalue weighted by Crippen LogP contribution is 2.28. The van der Waals surface area contributed by atoms with Crippen molar-refractivity contribution in [3.63, 3.8) is 0 Å². The second-order valence-electron chi connectivity index (χ2n) is 8.21. The molecule has 9 heteroatoms. The van der Waals surface area contributed by atoms with Crippen molar-refractivity contribution in [2.24, 2.45) is 0 Å². The van der Waals surface area contributed by atoms with E-state index >= 15 is 0 Å². The molecule has 0 radical (unpaired) electrons. The lowest BCUT2D eigenvalue weighted by molar-refractivity contribution is -0.130. The van der Waals surface area contributed by atoms with E-state index in [4.69, 9.17) is 0 Å². The number of ketones is 1. The fraction of sp³-hybridized carbons (Fsp3) is 0.200. The first-order chi connectivity index (χ1) is 16.5. The van der Waals surface area contributed by atoms with Gasteiger partial charge in [-0.3, -0.25) is 19.4 Å². The average Bonchev–Trinajstić information content (AvgIpc) is 3.33. The van der Waals surface area contributed by atoms with Gasteiger partial charge in [-0.1, -0.05) is 18.2 Å². The molecule has 0 aliphatic carbocycles. The number of aromatic amines is 1. The van der Waals surface area contributed by atoms with Gasteiger partial charge in [-0.15, -0.1) is 0 Å². The van der Waals surface area contributed by atoms with Gasteiger partial charge in [0.05, 0.1) is 16.6 Å². The molecular formula is C25H22N6O3. The van der Waals surface area contributed by atoms with Crippen molar-refractivity contribution in [2.75, 3.05) is 19.6 Å². The Balaban J connectivity index is 1.35. The van der Waals surface area contributed by atoms with E-state index in [1.54, 1.807) is 41.7 Å². The number of Topliss-reactive ketones (excluding diaryl/α,β-unsaturated/α-hetero) is 1. The summed E-state index contributed by atoms with van der Waals surface area (Å²) in [5.41, 5.74) is 3.45. The van der Waals surface area contributed by atoms with Crippen LogP contribution in [-0.2, 0) is 4.79 Å². The van der Waals surface area contributed by atoms with Crippen LogP contribution in [0.1, 0.15) is 27.6 Å². The number of pyridine rings is 1. The highest BCUT2D eigenvalue weighted by molar-refractivity contribution is 6.44. The van der Waals surface area contributed by atoms with Crippen molar-refractivity contribution in [2.45, 2.75) is 13.0 Å². The van der Waals surface area contributed by atoms with E-state index in [1.807, 2.05) is 25.1 Å². The van der Waals surface area contributed by atoms with Crippen molar-refractivity contribution in [3.05, 3.63) is 78.6 Å². The number of H-pyrrole nitrogens is 1. The molecule has 1 aliphatic rings. The molecule has 1 aromatic carbocycles. The lowest BCUT2D eigenvalue weighted by Crippen LogP contribution is -2.56. The van der Waals surface area contributed by atoms with Gasteiger partial charge in [0.25, 0.3) is 17.6 Å². The number of nitrogens with one attached hydrogen (secondary N) is 1. The molecule has 4 aromatic rings. The van der Waals surface area contributed by atoms with Crippen molar-refractivity contribution < 1.29 is 14.4 Å². The molecule has 4 heterocycles. The third kappa shape index (κ3) is 3.81. The Labute approximate surface area is 195 Å². The average molecular weight is 454 g/mol. The highest BCUT2D eigenvalue weighted by Gasteiger charge is 2.34. The number of piperazine rings is 1. The quantitative estimate of drug-likeness (QED) is 0.375. The Hall–Kier alpha value is -4.40. The van der Waals surface area contributed by atoms with Crippen LogP contribution in [0.3, 0.4) is 0 Å². The Morgan fingerprint density at radius 1 is 1.03 bits per heavy atom. The minimum Gasteiger partial charge on any atom is -0.359 e. The molecule has 1 unspecified atom stereocenters. The summed E-state index contributed by atoms with van der Waals surface area (Å²) in [7, 11) is 0. The van der Waals surface area contributed by atoms with E-state index in [1.165, 1.54) is 17.4 Å². The lowest BCUT2D eigenvalue weighted by atomic mass is 10.1. The summed E-state index contributed by atoms with van der Waals surface area (Å²) < 4.78 is 0. The second-order valence-corrected chi connectivity index (χ2v) is 8.21. The number of hydrogen-bond donors (Lipinski definition) is 1. The van der Waals surface area contributed by atoms with Gasteiger partial charge in [-0.05, 0) is 25.1 Å². The van der Waals surface area contributed by atoms with Crippen molar-refractivity contribution in [1.29, 1.82) is 0 Å². The van der Waals surface area contributed by atoms with E-state index < -0.39 is 11.7 Å². The molecular weight excluding hydrogens is 432 g/mol. The normalized spacial score (nSPS) is 16.0. The molecule has 0 spiro atoms. The van der Waals surface area contributed by atoms with E-state index in [2.05, 4.69) is 19.9 Å². The van der Waals surface area contributed by atoms with Gasteiger partial charge in [0, 0.05) is 67.2 Å². The van der Waals surface area contributed by atoms with Crippen LogP contribution in [0.25, 0.3) is 22.2 Å². The summed E-state index contributed by atoms with van der Waals surface area (Å²) in [6.07, 6.45) is 7.90. The topological polar surface area (TPSA) is 112 Å². The predicted octanol–water partition coefficient (Wildman–Crippen LogP) is 2.58. The third-order valence-corrected chi connectivity index (χ3v) is 6.07. The minimum absolute atomic E-state index is 0.0795. The number of carbonyl (C=O) groups excluding carboxylic acids is 3. The van der Waals surface area contributed by atoms with Gasteiger partial charge in [-0.25, -0.2) is 9.97 Å². The van der Waals surface area contributed by atoms with Crippen molar-refractivity contribution >= 4 is 28.6 Å². The molecule has 0 saturated carbocycles. The summed E-state index contributed by atoms with van der Waals surface area (Å²) in [6, 6.07) is 10.5. The summed E-state index contributed by atoms with van der Waals surface area (Å²) in [5.74, 6) is -1.31. The molecule has 2 amide bonds. The number of benzene rings is 1. The summed E-state index contributed by atoms with van der Waals surface area (Å²) in [4.78, 5) is 57.9. The number of amides is 2. The Morgan fingerprint density at radius 2 is 1.79 bits per heavy atom. The van der Waals surface area contributed by atoms with Crippen LogP contribution in [0.4, 0.5) is 0 Å². The molecule has 3 aromatic heterocycles. The molecule has 34 heavy (non-hydrogen) atoms. The van der Waals surface area contributed by atoms with E-state index in [-0.39, 0.29) is 24.1 Å². The zero-order chi connectivity index (χ0) is 23.7. The van der Waals surface area contributed by atoms with Crippen LogP contribution in [0, 0.1) is 0 Å². The minimum atomic E-state index is -0.630. The fourth-order valence-electron chi connectivity index (χ4n) is 4.33. The standard InChI is InChI=1S/C25H22N6O3/c1-16-14-30(24(33)17-5-3-2-4-6-17)9-10-31(16)25(34)23(32)20-13-29-21-19(7-8-28-22(20)21)18-11-26-15-27-12-18/h2-8,11-13,15-16,29H,9-10,14H2,1H3. The van der Waals surface area contributed by atoms with Crippen LogP contribution in [-0.4, -0.2) is 73.0 Å². The molecule has 1 N–H and O–H groups in total. The van der Waals surface area contributed by atoms with E-state index in [9.17, 15) is 14.4 Å². The van der Waals surface area contributed by atoms with Crippen molar-refractivity contribution in [3.8, 4) is 11.1 Å². The lowest BCUT2D eigenvalue weighted by Gasteiger charge is -2.39. The van der Waals surface area contributed by atoms with E-state index in [0.29, 0.717) is 29.7 Å². The van der Waals surface area contributed by atoms with Gasteiger partial charge in [0.1, 0.15) is 6.33 Å². The summed E-state index contributed by atoms with van der Waals surface area (Å²) in [6.45, 7) is 2.85. The first-order valence-corrected chi connectivity index (χ1v) is 11.0. The number of carbonyl (C=O) groups is 3. The number of nitrogens with zero attached hydrogens (tertiary/aromatic N) is 5. The van der Waals surface area contributed by atoms with Gasteiger partial charge in [-0.2, -0.15) is 0 Å². The summed E-state index contributed by atoms with van der Waals surface area (Å²) >= 11 is 0. The number of fused-ring (bicyclic) bond motifs is 1. The van der Waals surface area contributed by atoms with Crippen LogP contribution in [0.2, 0.25) is 0 Å². The number of aromatic nitrogens is 4.